The molecule has 2 aromatic carbocycles. The number of benzene rings is 2. The highest BCUT2D eigenvalue weighted by Gasteiger charge is 2.58. The highest BCUT2D eigenvalue weighted by molar-refractivity contribution is 7.47. The zero-order chi connectivity index (χ0) is 66.5. The number of phosphoric ester groups is 1. The van der Waals surface area contributed by atoms with Crippen LogP contribution in [0.2, 0.25) is 10.0 Å². The number of hydrogen-bond acceptors (Lipinski definition) is 17. The first kappa shape index (κ1) is 80.1. The van der Waals surface area contributed by atoms with E-state index in [9.17, 15) is 35.3 Å². The standard InChI is InChI=1S/C41H60ClN6O9P.C29H48ClNO3/c1-2-3-4-5-6-7-8-9-10-11-12-13-14-15-16-17-20-53-26-34(54-25-32-21-31(24-43)22-33(42)23-32)27-55-58(51,52)56-28-36-38(49)39(50)41(29-44,57-36)37-19-18-35-40(45)46-30-47-48(35)37;1-2-3-4-5-6-7-8-9-10-11-12-13-14-15-16-17-18-33-25-29(23-32)34-24-27-19-26(22-31)20-28(30)21-27/h18-19,21-23,30,34,36,38-39,49-50H,2-17,20,25-28H2,1H3,(H,51,52)(H2,45,46,47);19-21,29,32H,2-18,23-25H2,1H3/t34-,36-,38-,39-,41+;29-/m10/s1. The van der Waals surface area contributed by atoms with Crippen molar-refractivity contribution in [3.05, 3.63) is 92.9 Å². The highest BCUT2D eigenvalue weighted by Crippen LogP contribution is 2.46. The summed E-state index contributed by atoms with van der Waals surface area (Å²) >= 11 is 12.2. The predicted octanol–water partition coefficient (Wildman–Crippen LogP) is 16.0. The summed E-state index contributed by atoms with van der Waals surface area (Å²) < 4.78 is 53.9. The lowest BCUT2D eigenvalue weighted by Crippen LogP contribution is -2.41. The highest BCUT2D eigenvalue weighted by atomic mass is 35.5. The fourth-order valence-corrected chi connectivity index (χ4v) is 12.5. The van der Waals surface area contributed by atoms with Crippen LogP contribution in [-0.4, -0.2) is 112 Å². The van der Waals surface area contributed by atoms with Crippen molar-refractivity contribution in [2.45, 2.75) is 269 Å². The molecular formula is C70H108Cl2N7O12P. The van der Waals surface area contributed by atoms with Crippen molar-refractivity contribution in [1.29, 1.82) is 15.8 Å². The Bertz CT molecular complexity index is 2800. The Morgan fingerprint density at radius 3 is 1.47 bits per heavy atom. The van der Waals surface area contributed by atoms with Gasteiger partial charge in [0.15, 0.2) is 5.82 Å². The lowest BCUT2D eigenvalue weighted by atomic mass is 9.92. The first-order valence-corrected chi connectivity index (χ1v) is 36.5. The van der Waals surface area contributed by atoms with Crippen molar-refractivity contribution in [3.8, 4) is 18.2 Å². The molecule has 19 nitrogen and oxygen atoms in total. The SMILES string of the molecule is CCCCCCCCCCCCCCCCCCOC[C@H](CO)OCc1cc(Cl)cc(C#N)c1.CCCCCCCCCCCCCCCCCCOC[C@H](COP(=O)(O)OC[C@H]1O[C@@](C#N)(c2ccc3c(N)ncnn23)[C@H](O)[C@@H]1O)OCc1cc(Cl)cc(C#N)c1. The molecule has 0 radical (unpaired) electrons. The fraction of sp³-hybridized carbons (Fsp3) is 0.700. The number of nitriles is 3. The molecule has 3 heterocycles. The van der Waals surface area contributed by atoms with Crippen molar-refractivity contribution in [1.82, 2.24) is 14.6 Å². The molecule has 2 aromatic heterocycles. The molecular weight excluding hydrogens is 1230 g/mol. The lowest BCUT2D eigenvalue weighted by Gasteiger charge is -2.24. The number of nitrogen functional groups attached to an aromatic ring is 1. The van der Waals surface area contributed by atoms with Gasteiger partial charge in [0.1, 0.15) is 48.4 Å². The van der Waals surface area contributed by atoms with E-state index in [1.807, 2.05) is 12.1 Å². The molecule has 1 unspecified atom stereocenters. The number of unbranched alkanes of at least 4 members (excludes halogenated alkanes) is 30. The van der Waals surface area contributed by atoms with Gasteiger partial charge in [0.25, 0.3) is 0 Å². The van der Waals surface area contributed by atoms with E-state index in [0.29, 0.717) is 58.7 Å². The number of ether oxygens (including phenoxy) is 5. The first-order valence-electron chi connectivity index (χ1n) is 34.3. The van der Waals surface area contributed by atoms with Crippen molar-refractivity contribution in [2.75, 3.05) is 52.0 Å². The Morgan fingerprint density at radius 1 is 0.620 bits per heavy atom. The quantitative estimate of drug-likeness (QED) is 0.0203. The molecule has 92 heavy (non-hydrogen) atoms. The first-order chi connectivity index (χ1) is 44.7. The number of rotatable bonds is 52. The second-order valence-corrected chi connectivity index (χ2v) is 26.7. The number of aliphatic hydroxyl groups is 3. The summed E-state index contributed by atoms with van der Waals surface area (Å²) in [6.45, 7) is 5.23. The van der Waals surface area contributed by atoms with E-state index in [1.54, 1.807) is 30.3 Å². The summed E-state index contributed by atoms with van der Waals surface area (Å²) in [7, 11) is -4.79. The maximum absolute atomic E-state index is 13.0. The van der Waals surface area contributed by atoms with Gasteiger partial charge in [0, 0.05) is 23.3 Å². The van der Waals surface area contributed by atoms with Crippen LogP contribution in [0.15, 0.2) is 54.9 Å². The molecule has 22 heteroatoms. The van der Waals surface area contributed by atoms with E-state index in [1.165, 1.54) is 202 Å². The summed E-state index contributed by atoms with van der Waals surface area (Å²) in [5.41, 5.74) is 6.51. The van der Waals surface area contributed by atoms with Crippen molar-refractivity contribution in [3.63, 3.8) is 0 Å². The molecule has 7 atom stereocenters. The number of fused-ring (bicyclic) bond motifs is 1. The molecule has 1 aliphatic heterocycles. The largest absolute Gasteiger partial charge is 0.472 e. The molecule has 0 bridgehead atoms. The van der Waals surface area contributed by atoms with Crippen LogP contribution in [0.3, 0.4) is 0 Å². The maximum Gasteiger partial charge on any atom is 0.472 e. The molecule has 1 saturated heterocycles. The van der Waals surface area contributed by atoms with E-state index >= 15 is 0 Å². The number of nitrogens with zero attached hydrogens (tertiary/aromatic N) is 6. The number of phosphoric acid groups is 1. The molecule has 5 rings (SSSR count). The van der Waals surface area contributed by atoms with Gasteiger partial charge < -0.3 is 49.6 Å². The van der Waals surface area contributed by atoms with Crippen LogP contribution >= 0.6 is 31.0 Å². The molecule has 0 saturated carbocycles. The van der Waals surface area contributed by atoms with Crippen LogP contribution in [-0.2, 0) is 56.1 Å². The van der Waals surface area contributed by atoms with Gasteiger partial charge in [-0.3, -0.25) is 9.05 Å². The van der Waals surface area contributed by atoms with Crippen LogP contribution in [0.4, 0.5) is 5.82 Å². The van der Waals surface area contributed by atoms with Crippen LogP contribution in [0.5, 0.6) is 0 Å². The molecule has 6 N–H and O–H groups in total. The molecule has 0 amide bonds. The third kappa shape index (κ3) is 32.0. The Hall–Kier alpha value is -4.30. The average Bonchev–Trinajstić information content (AvgIpc) is 1.59. The molecule has 4 aromatic rings. The van der Waals surface area contributed by atoms with E-state index in [4.69, 9.17) is 66.9 Å². The van der Waals surface area contributed by atoms with E-state index in [2.05, 4.69) is 30.0 Å². The topological polar surface area (TPSA) is 290 Å². The van der Waals surface area contributed by atoms with E-state index < -0.39 is 51.1 Å². The second-order valence-electron chi connectivity index (χ2n) is 24.4. The molecule has 0 spiro atoms. The Morgan fingerprint density at radius 2 is 1.04 bits per heavy atom. The monoisotopic (exact) mass is 1340 g/mol. The second kappa shape index (κ2) is 48.4. The van der Waals surface area contributed by atoms with E-state index in [-0.39, 0.29) is 37.4 Å². The maximum atomic E-state index is 13.0. The van der Waals surface area contributed by atoms with Crippen molar-refractivity contribution < 1.29 is 57.5 Å². The van der Waals surface area contributed by atoms with Gasteiger partial charge in [0.2, 0.25) is 5.60 Å². The van der Waals surface area contributed by atoms with E-state index in [0.717, 1.165) is 37.6 Å². The third-order valence-electron chi connectivity index (χ3n) is 16.6. The van der Waals surface area contributed by atoms with Gasteiger partial charge in [-0.25, -0.2) is 14.1 Å². The van der Waals surface area contributed by atoms with Crippen LogP contribution in [0.1, 0.15) is 247 Å². The minimum atomic E-state index is -4.79. The predicted molar refractivity (Wildman–Crippen MR) is 361 cm³/mol. The lowest BCUT2D eigenvalue weighted by molar-refractivity contribution is -0.0690. The Kier molecular flexibility index (Phi) is 42.2. The fourth-order valence-electron chi connectivity index (χ4n) is 11.2. The Balaban J connectivity index is 0.000000452. The van der Waals surface area contributed by atoms with Crippen LogP contribution in [0.25, 0.3) is 5.52 Å². The number of aromatic nitrogens is 3. The minimum absolute atomic E-state index is 0.0173. The molecule has 1 aliphatic rings. The van der Waals surface area contributed by atoms with Gasteiger partial charge in [-0.2, -0.15) is 20.9 Å². The van der Waals surface area contributed by atoms with Gasteiger partial charge in [-0.15, -0.1) is 0 Å². The van der Waals surface area contributed by atoms with Crippen molar-refractivity contribution in [2.24, 2.45) is 0 Å². The summed E-state index contributed by atoms with van der Waals surface area (Å²) in [5, 5.41) is 64.8. The smallest absolute Gasteiger partial charge is 0.394 e. The van der Waals surface area contributed by atoms with Gasteiger partial charge in [-0.1, -0.05) is 230 Å². The number of anilines is 1. The minimum Gasteiger partial charge on any atom is -0.394 e. The molecule has 514 valence electrons. The molecule has 0 aliphatic carbocycles. The normalized spacial score (nSPS) is 17.6. The van der Waals surface area contributed by atoms with Gasteiger partial charge in [0.05, 0.1) is 75.2 Å². The number of hydrogen-bond donors (Lipinski definition) is 5. The zero-order valence-electron chi connectivity index (χ0n) is 55.1. The summed E-state index contributed by atoms with van der Waals surface area (Å²) in [4.78, 5) is 14.5. The zero-order valence-corrected chi connectivity index (χ0v) is 57.5. The van der Waals surface area contributed by atoms with Gasteiger partial charge >= 0.3 is 7.82 Å². The Labute approximate surface area is 559 Å². The summed E-state index contributed by atoms with van der Waals surface area (Å²) in [5.74, 6) is 0.119. The van der Waals surface area contributed by atoms with Crippen LogP contribution in [0, 0.1) is 34.0 Å². The number of halogens is 2. The van der Waals surface area contributed by atoms with Gasteiger partial charge in [-0.05, 0) is 72.5 Å². The van der Waals surface area contributed by atoms with Crippen molar-refractivity contribution >= 4 is 42.4 Å². The summed E-state index contributed by atoms with van der Waals surface area (Å²) in [6.07, 6.45) is 37.1. The average molecular weight is 1340 g/mol. The number of aliphatic hydroxyl groups excluding tert-OH is 3. The summed E-state index contributed by atoms with van der Waals surface area (Å²) in [6, 6.07) is 19.0. The van der Waals surface area contributed by atoms with Crippen LogP contribution < -0.4 is 5.73 Å². The third-order valence-corrected chi connectivity index (χ3v) is 17.9. The number of nitrogens with two attached hydrogens (primary N) is 1. The molecule has 1 fully saturated rings.